The standard InChI is InChI=1S/C17H16BrCl3N2O/c1-23(11-12-5-3-2-4-6-12)16(17(19,20)21)22-15(24)13-7-9-14(18)10-8-13/h2-10,16H,11H2,1H3,(H,22,24)/t16-/m0/s1. The molecule has 1 atom stereocenters. The van der Waals surface area contributed by atoms with E-state index in [9.17, 15) is 4.79 Å². The fourth-order valence-corrected chi connectivity index (χ4v) is 3.14. The number of benzene rings is 2. The Balaban J connectivity index is 2.13. The summed E-state index contributed by atoms with van der Waals surface area (Å²) in [6.45, 7) is 0.528. The Morgan fingerprint density at radius 2 is 1.71 bits per heavy atom. The van der Waals surface area contributed by atoms with Crippen molar-refractivity contribution in [1.82, 2.24) is 10.2 Å². The number of hydrogen-bond donors (Lipinski definition) is 1. The van der Waals surface area contributed by atoms with Crippen LogP contribution >= 0.6 is 50.7 Å². The van der Waals surface area contributed by atoms with Crippen LogP contribution in [0, 0.1) is 0 Å². The van der Waals surface area contributed by atoms with E-state index in [1.807, 2.05) is 30.3 Å². The minimum atomic E-state index is -1.67. The van der Waals surface area contributed by atoms with E-state index in [-0.39, 0.29) is 5.91 Å². The second kappa shape index (κ2) is 8.54. The highest BCUT2D eigenvalue weighted by Crippen LogP contribution is 2.32. The Kier molecular flexibility index (Phi) is 6.96. The van der Waals surface area contributed by atoms with Crippen LogP contribution in [0.3, 0.4) is 0 Å². The first-order chi connectivity index (χ1) is 11.3. The van der Waals surface area contributed by atoms with Gasteiger partial charge in [-0.15, -0.1) is 0 Å². The molecule has 0 spiro atoms. The van der Waals surface area contributed by atoms with Crippen LogP contribution in [-0.4, -0.2) is 27.8 Å². The first-order valence-electron chi connectivity index (χ1n) is 7.14. The van der Waals surface area contributed by atoms with Gasteiger partial charge in [-0.2, -0.15) is 0 Å². The van der Waals surface area contributed by atoms with Crippen LogP contribution in [0.15, 0.2) is 59.1 Å². The summed E-state index contributed by atoms with van der Waals surface area (Å²) in [5.41, 5.74) is 1.54. The largest absolute Gasteiger partial charge is 0.332 e. The first kappa shape index (κ1) is 19.5. The number of carbonyl (C=O) groups is 1. The van der Waals surface area contributed by atoms with Gasteiger partial charge in [0, 0.05) is 16.6 Å². The van der Waals surface area contributed by atoms with Crippen molar-refractivity contribution in [2.24, 2.45) is 0 Å². The van der Waals surface area contributed by atoms with Crippen molar-refractivity contribution >= 4 is 56.6 Å². The summed E-state index contributed by atoms with van der Waals surface area (Å²) in [6, 6.07) is 16.7. The number of hydrogen-bond acceptors (Lipinski definition) is 2. The van der Waals surface area contributed by atoms with E-state index in [2.05, 4.69) is 21.2 Å². The average Bonchev–Trinajstić information content (AvgIpc) is 2.52. The van der Waals surface area contributed by atoms with Gasteiger partial charge in [-0.1, -0.05) is 81.1 Å². The molecule has 0 fully saturated rings. The van der Waals surface area contributed by atoms with Crippen molar-refractivity contribution < 1.29 is 4.79 Å². The number of amides is 1. The number of nitrogens with zero attached hydrogens (tertiary/aromatic N) is 1. The van der Waals surface area contributed by atoms with Gasteiger partial charge in [-0.05, 0) is 36.9 Å². The lowest BCUT2D eigenvalue weighted by Crippen LogP contribution is -2.53. The van der Waals surface area contributed by atoms with E-state index in [1.165, 1.54) is 0 Å². The molecule has 0 aliphatic rings. The highest BCUT2D eigenvalue weighted by molar-refractivity contribution is 9.10. The van der Waals surface area contributed by atoms with Gasteiger partial charge < -0.3 is 5.32 Å². The number of alkyl halides is 3. The molecule has 24 heavy (non-hydrogen) atoms. The smallest absolute Gasteiger partial charge is 0.252 e. The van der Waals surface area contributed by atoms with Crippen LogP contribution < -0.4 is 5.32 Å². The van der Waals surface area contributed by atoms with Crippen molar-refractivity contribution in [1.29, 1.82) is 0 Å². The summed E-state index contributed by atoms with van der Waals surface area (Å²) in [6.07, 6.45) is -0.779. The molecule has 128 valence electrons. The second-order valence-electron chi connectivity index (χ2n) is 5.33. The monoisotopic (exact) mass is 448 g/mol. The number of carbonyl (C=O) groups excluding carboxylic acids is 1. The minimum Gasteiger partial charge on any atom is -0.332 e. The molecule has 0 aliphatic heterocycles. The molecule has 0 heterocycles. The summed E-state index contributed by atoms with van der Waals surface area (Å²) < 4.78 is -0.785. The second-order valence-corrected chi connectivity index (χ2v) is 8.61. The zero-order chi connectivity index (χ0) is 17.7. The van der Waals surface area contributed by atoms with Gasteiger partial charge in [-0.3, -0.25) is 9.69 Å². The summed E-state index contributed by atoms with van der Waals surface area (Å²) >= 11 is 21.6. The van der Waals surface area contributed by atoms with Gasteiger partial charge in [0.15, 0.2) is 0 Å². The molecule has 0 unspecified atom stereocenters. The summed E-state index contributed by atoms with van der Waals surface area (Å²) in [5.74, 6) is -0.307. The maximum Gasteiger partial charge on any atom is 0.252 e. The lowest BCUT2D eigenvalue weighted by atomic mass is 10.2. The Bertz CT molecular complexity index is 674. The van der Waals surface area contributed by atoms with Gasteiger partial charge in [0.05, 0.1) is 0 Å². The van der Waals surface area contributed by atoms with Crippen molar-refractivity contribution in [3.8, 4) is 0 Å². The third kappa shape index (κ3) is 5.64. The molecule has 2 aromatic carbocycles. The zero-order valence-corrected chi connectivity index (χ0v) is 16.7. The Hall–Kier alpha value is -0.780. The van der Waals surface area contributed by atoms with Crippen molar-refractivity contribution in [2.45, 2.75) is 16.5 Å². The fraction of sp³-hybridized carbons (Fsp3) is 0.235. The molecule has 0 radical (unpaired) electrons. The third-order valence-corrected chi connectivity index (χ3v) is 4.55. The van der Waals surface area contributed by atoms with Gasteiger partial charge in [0.25, 0.3) is 5.91 Å². The minimum absolute atomic E-state index is 0.307. The lowest BCUT2D eigenvalue weighted by molar-refractivity contribution is 0.0869. The summed E-state index contributed by atoms with van der Waals surface area (Å²) in [7, 11) is 1.79. The Morgan fingerprint density at radius 3 is 2.25 bits per heavy atom. The average molecular weight is 451 g/mol. The van der Waals surface area contributed by atoms with Crippen molar-refractivity contribution in [2.75, 3.05) is 7.05 Å². The molecule has 7 heteroatoms. The maximum atomic E-state index is 12.4. The SMILES string of the molecule is CN(Cc1ccccc1)[C@H](NC(=O)c1ccc(Br)cc1)C(Cl)(Cl)Cl. The van der Waals surface area contributed by atoms with E-state index in [4.69, 9.17) is 34.8 Å². The zero-order valence-electron chi connectivity index (χ0n) is 12.8. The van der Waals surface area contributed by atoms with Gasteiger partial charge >= 0.3 is 0 Å². The number of rotatable bonds is 5. The highest BCUT2D eigenvalue weighted by atomic mass is 79.9. The molecule has 0 aromatic heterocycles. The first-order valence-corrected chi connectivity index (χ1v) is 9.07. The summed E-state index contributed by atoms with van der Waals surface area (Å²) in [5, 5.41) is 2.79. The van der Waals surface area contributed by atoms with E-state index in [1.54, 1.807) is 36.2 Å². The van der Waals surface area contributed by atoms with E-state index in [0.29, 0.717) is 12.1 Å². The van der Waals surface area contributed by atoms with Crippen LogP contribution in [0.1, 0.15) is 15.9 Å². The Morgan fingerprint density at radius 1 is 1.12 bits per heavy atom. The predicted molar refractivity (Wildman–Crippen MR) is 104 cm³/mol. The molecule has 3 nitrogen and oxygen atoms in total. The maximum absolute atomic E-state index is 12.4. The van der Waals surface area contributed by atoms with Gasteiger partial charge in [-0.25, -0.2) is 0 Å². The van der Waals surface area contributed by atoms with Crippen LogP contribution in [-0.2, 0) is 6.54 Å². The molecule has 0 saturated carbocycles. The van der Waals surface area contributed by atoms with E-state index >= 15 is 0 Å². The normalized spacial score (nSPS) is 12.9. The quantitative estimate of drug-likeness (QED) is 0.513. The molecular formula is C17H16BrCl3N2O. The molecule has 0 saturated heterocycles. The van der Waals surface area contributed by atoms with Crippen molar-refractivity contribution in [3.05, 3.63) is 70.2 Å². The van der Waals surface area contributed by atoms with Crippen LogP contribution in [0.5, 0.6) is 0 Å². The van der Waals surface area contributed by atoms with E-state index in [0.717, 1.165) is 10.0 Å². The van der Waals surface area contributed by atoms with Crippen LogP contribution in [0.4, 0.5) is 0 Å². The van der Waals surface area contributed by atoms with Gasteiger partial charge in [0.1, 0.15) is 6.17 Å². The molecule has 1 amide bonds. The highest BCUT2D eigenvalue weighted by Gasteiger charge is 2.37. The molecule has 0 bridgehead atoms. The van der Waals surface area contributed by atoms with E-state index < -0.39 is 9.96 Å². The Labute approximate surface area is 165 Å². The fourth-order valence-electron chi connectivity index (χ4n) is 2.21. The van der Waals surface area contributed by atoms with Crippen LogP contribution in [0.2, 0.25) is 0 Å². The lowest BCUT2D eigenvalue weighted by Gasteiger charge is -2.33. The molecule has 0 aliphatic carbocycles. The van der Waals surface area contributed by atoms with Crippen molar-refractivity contribution in [3.63, 3.8) is 0 Å². The molecule has 2 rings (SSSR count). The van der Waals surface area contributed by atoms with Gasteiger partial charge in [0.2, 0.25) is 3.79 Å². The molecule has 2 aromatic rings. The van der Waals surface area contributed by atoms with Crippen LogP contribution in [0.25, 0.3) is 0 Å². The number of halogens is 4. The summed E-state index contributed by atoms with van der Waals surface area (Å²) in [4.78, 5) is 14.2. The third-order valence-electron chi connectivity index (χ3n) is 3.40. The predicted octanol–water partition coefficient (Wildman–Crippen LogP) is 5.01. The topological polar surface area (TPSA) is 32.3 Å². The molecular weight excluding hydrogens is 434 g/mol. The molecule has 1 N–H and O–H groups in total. The number of nitrogens with one attached hydrogen (secondary N) is 1.